The normalized spacial score (nSPS) is 11.6. The third kappa shape index (κ3) is 3.50. The average Bonchev–Trinajstić information content (AvgIpc) is 2.35. The van der Waals surface area contributed by atoms with E-state index in [-0.39, 0.29) is 11.9 Å². The van der Waals surface area contributed by atoms with Crippen molar-refractivity contribution >= 4 is 23.3 Å². The molecular weight excluding hydrogens is 248 g/mol. The first-order chi connectivity index (χ1) is 8.47. The van der Waals surface area contributed by atoms with Crippen LogP contribution in [0.15, 0.2) is 36.0 Å². The molecule has 2 amide bonds. The third-order valence-electron chi connectivity index (χ3n) is 2.70. The number of hydrogen-bond acceptors (Lipinski definition) is 1. The molecule has 0 fully saturated rings. The number of urea groups is 1. The fourth-order valence-corrected chi connectivity index (χ4v) is 1.85. The van der Waals surface area contributed by atoms with Gasteiger partial charge >= 0.3 is 6.03 Å². The summed E-state index contributed by atoms with van der Waals surface area (Å²) in [6.45, 7) is 5.97. The highest BCUT2D eigenvalue weighted by atomic mass is 35.5. The molecular formula is C14H19ClN2O. The van der Waals surface area contributed by atoms with Crippen molar-refractivity contribution < 1.29 is 4.79 Å². The smallest absolute Gasteiger partial charge is 0.311 e. The quantitative estimate of drug-likeness (QED) is 0.880. The molecule has 0 spiro atoms. The molecule has 0 aliphatic carbocycles. The molecule has 0 aliphatic rings. The van der Waals surface area contributed by atoms with E-state index in [1.807, 2.05) is 45.0 Å². The van der Waals surface area contributed by atoms with Gasteiger partial charge in [-0.25, -0.2) is 4.79 Å². The highest BCUT2D eigenvalue weighted by Gasteiger charge is 2.15. The van der Waals surface area contributed by atoms with E-state index in [1.165, 1.54) is 4.90 Å². The SMILES string of the molecule is C/C=C(/NC(=O)N(C)c1ccccc1Cl)C(C)C. The summed E-state index contributed by atoms with van der Waals surface area (Å²) in [5, 5.41) is 3.44. The molecule has 0 atom stereocenters. The molecule has 1 N–H and O–H groups in total. The number of anilines is 1. The van der Waals surface area contributed by atoms with Gasteiger partial charge in [-0.2, -0.15) is 0 Å². The van der Waals surface area contributed by atoms with Gasteiger partial charge in [0.15, 0.2) is 0 Å². The predicted octanol–water partition coefficient (Wildman–Crippen LogP) is 4.05. The fraction of sp³-hybridized carbons (Fsp3) is 0.357. The Balaban J connectivity index is 2.83. The van der Waals surface area contributed by atoms with Crippen molar-refractivity contribution in [1.29, 1.82) is 0 Å². The molecule has 1 rings (SSSR count). The van der Waals surface area contributed by atoms with Crippen LogP contribution in [-0.2, 0) is 0 Å². The molecule has 0 heterocycles. The van der Waals surface area contributed by atoms with Crippen molar-refractivity contribution in [1.82, 2.24) is 5.32 Å². The van der Waals surface area contributed by atoms with Gasteiger partial charge < -0.3 is 5.32 Å². The van der Waals surface area contributed by atoms with Crippen molar-refractivity contribution in [2.75, 3.05) is 11.9 Å². The highest BCUT2D eigenvalue weighted by Crippen LogP contribution is 2.24. The zero-order chi connectivity index (χ0) is 13.7. The van der Waals surface area contributed by atoms with E-state index in [2.05, 4.69) is 5.32 Å². The topological polar surface area (TPSA) is 32.3 Å². The Morgan fingerprint density at radius 3 is 2.50 bits per heavy atom. The van der Waals surface area contributed by atoms with Crippen LogP contribution in [0.25, 0.3) is 0 Å². The van der Waals surface area contributed by atoms with Crippen LogP contribution in [0.3, 0.4) is 0 Å². The maximum atomic E-state index is 12.1. The highest BCUT2D eigenvalue weighted by molar-refractivity contribution is 6.33. The lowest BCUT2D eigenvalue weighted by Crippen LogP contribution is -2.38. The van der Waals surface area contributed by atoms with Crippen molar-refractivity contribution in [3.8, 4) is 0 Å². The second-order valence-corrected chi connectivity index (χ2v) is 4.75. The van der Waals surface area contributed by atoms with Gasteiger partial charge in [0.25, 0.3) is 0 Å². The molecule has 0 bridgehead atoms. The first-order valence-electron chi connectivity index (χ1n) is 5.92. The Morgan fingerprint density at radius 2 is 2.00 bits per heavy atom. The van der Waals surface area contributed by atoms with Gasteiger partial charge in [-0.1, -0.05) is 43.7 Å². The maximum Gasteiger partial charge on any atom is 0.325 e. The van der Waals surface area contributed by atoms with Crippen LogP contribution < -0.4 is 10.2 Å². The van der Waals surface area contributed by atoms with Crippen LogP contribution in [0.2, 0.25) is 5.02 Å². The van der Waals surface area contributed by atoms with E-state index in [4.69, 9.17) is 11.6 Å². The number of halogens is 1. The van der Waals surface area contributed by atoms with Gasteiger partial charge in [0, 0.05) is 12.7 Å². The van der Waals surface area contributed by atoms with Gasteiger partial charge in [-0.05, 0) is 25.0 Å². The van der Waals surface area contributed by atoms with E-state index >= 15 is 0 Å². The Bertz CT molecular complexity index is 455. The molecule has 1 aromatic carbocycles. The third-order valence-corrected chi connectivity index (χ3v) is 3.02. The largest absolute Gasteiger partial charge is 0.325 e. The summed E-state index contributed by atoms with van der Waals surface area (Å²) < 4.78 is 0. The standard InChI is InChI=1S/C14H19ClN2O/c1-5-12(10(2)3)16-14(18)17(4)13-9-7-6-8-11(13)15/h5-10H,1-4H3,(H,16,18)/b12-5+. The second kappa shape index (κ2) is 6.45. The number of amides is 2. The van der Waals surface area contributed by atoms with Crippen molar-refractivity contribution in [2.45, 2.75) is 20.8 Å². The summed E-state index contributed by atoms with van der Waals surface area (Å²) in [6, 6.07) is 7.07. The van der Waals surface area contributed by atoms with Crippen molar-refractivity contribution in [3.63, 3.8) is 0 Å². The zero-order valence-electron chi connectivity index (χ0n) is 11.2. The minimum atomic E-state index is -0.190. The van der Waals surface area contributed by atoms with Gasteiger partial charge in [0.1, 0.15) is 0 Å². The lowest BCUT2D eigenvalue weighted by atomic mass is 10.1. The predicted molar refractivity (Wildman–Crippen MR) is 77.0 cm³/mol. The van der Waals surface area contributed by atoms with Crippen molar-refractivity contribution in [3.05, 3.63) is 41.1 Å². The number of allylic oxidation sites excluding steroid dienone is 2. The Labute approximate surface area is 113 Å². The van der Waals surface area contributed by atoms with Gasteiger partial charge in [-0.3, -0.25) is 4.90 Å². The van der Waals surface area contributed by atoms with Crippen LogP contribution >= 0.6 is 11.6 Å². The van der Waals surface area contributed by atoms with E-state index in [1.54, 1.807) is 13.1 Å². The molecule has 0 aliphatic heterocycles. The number of carbonyl (C=O) groups excluding carboxylic acids is 1. The molecule has 98 valence electrons. The van der Waals surface area contributed by atoms with Crippen LogP contribution in [-0.4, -0.2) is 13.1 Å². The Kier molecular flexibility index (Phi) is 5.23. The molecule has 0 unspecified atom stereocenters. The van der Waals surface area contributed by atoms with E-state index < -0.39 is 0 Å². The number of benzene rings is 1. The Hall–Kier alpha value is -1.48. The summed E-state index contributed by atoms with van der Waals surface area (Å²) in [5.41, 5.74) is 1.59. The lowest BCUT2D eigenvalue weighted by molar-refractivity contribution is 0.249. The molecule has 4 heteroatoms. The summed E-state index contributed by atoms with van der Waals surface area (Å²) in [4.78, 5) is 13.6. The van der Waals surface area contributed by atoms with Gasteiger partial charge in [0.2, 0.25) is 0 Å². The summed E-state index contributed by atoms with van der Waals surface area (Å²) in [6.07, 6.45) is 1.91. The molecule has 0 radical (unpaired) electrons. The molecule has 18 heavy (non-hydrogen) atoms. The molecule has 1 aromatic rings. The number of hydrogen-bond donors (Lipinski definition) is 1. The molecule has 0 aromatic heterocycles. The van der Waals surface area contributed by atoms with E-state index in [0.29, 0.717) is 10.7 Å². The summed E-state index contributed by atoms with van der Waals surface area (Å²) in [5.74, 6) is 0.276. The molecule has 3 nitrogen and oxygen atoms in total. The first-order valence-corrected chi connectivity index (χ1v) is 6.30. The molecule has 0 saturated carbocycles. The van der Waals surface area contributed by atoms with Crippen LogP contribution in [0, 0.1) is 5.92 Å². The average molecular weight is 267 g/mol. The summed E-state index contributed by atoms with van der Waals surface area (Å²) >= 11 is 6.06. The second-order valence-electron chi connectivity index (χ2n) is 4.34. The van der Waals surface area contributed by atoms with Crippen molar-refractivity contribution in [2.24, 2.45) is 5.92 Å². The zero-order valence-corrected chi connectivity index (χ0v) is 12.0. The van der Waals surface area contributed by atoms with E-state index in [0.717, 1.165) is 5.70 Å². The number of rotatable bonds is 3. The number of carbonyl (C=O) groups is 1. The first kappa shape index (κ1) is 14.6. The number of nitrogens with zero attached hydrogens (tertiary/aromatic N) is 1. The van der Waals surface area contributed by atoms with Crippen LogP contribution in [0.1, 0.15) is 20.8 Å². The fourth-order valence-electron chi connectivity index (χ4n) is 1.59. The Morgan fingerprint density at radius 1 is 1.39 bits per heavy atom. The minimum absolute atomic E-state index is 0.190. The summed E-state index contributed by atoms with van der Waals surface area (Å²) in [7, 11) is 1.70. The maximum absolute atomic E-state index is 12.1. The van der Waals surface area contributed by atoms with Crippen LogP contribution in [0.4, 0.5) is 10.5 Å². The number of para-hydroxylation sites is 1. The van der Waals surface area contributed by atoms with E-state index in [9.17, 15) is 4.79 Å². The molecule has 0 saturated heterocycles. The monoisotopic (exact) mass is 266 g/mol. The minimum Gasteiger partial charge on any atom is -0.311 e. The van der Waals surface area contributed by atoms with Crippen LogP contribution in [0.5, 0.6) is 0 Å². The van der Waals surface area contributed by atoms with Gasteiger partial charge in [0.05, 0.1) is 10.7 Å². The van der Waals surface area contributed by atoms with Gasteiger partial charge in [-0.15, -0.1) is 0 Å². The lowest BCUT2D eigenvalue weighted by Gasteiger charge is -2.21. The number of nitrogens with one attached hydrogen (secondary N) is 1.